The molecule has 0 N–H and O–H groups in total. The molecular weight excluding hydrogens is 528 g/mol. The summed E-state index contributed by atoms with van der Waals surface area (Å²) in [6.45, 7) is 11.5. The first-order valence-corrected chi connectivity index (χ1v) is 16.4. The van der Waals surface area contributed by atoms with Crippen molar-refractivity contribution in [3.8, 4) is 0 Å². The lowest BCUT2D eigenvalue weighted by molar-refractivity contribution is -0.150. The van der Waals surface area contributed by atoms with Crippen molar-refractivity contribution in [1.29, 1.82) is 0 Å². The van der Waals surface area contributed by atoms with E-state index in [2.05, 4.69) is 13.8 Å². The molecule has 0 aliphatic carbocycles. The molecule has 9 heteroatoms. The van der Waals surface area contributed by atoms with E-state index in [4.69, 9.17) is 33.2 Å². The van der Waals surface area contributed by atoms with Gasteiger partial charge in [0.2, 0.25) is 0 Å². The van der Waals surface area contributed by atoms with Crippen LogP contribution in [0, 0.1) is 5.92 Å². The van der Waals surface area contributed by atoms with Gasteiger partial charge in [0.15, 0.2) is 0 Å². The van der Waals surface area contributed by atoms with E-state index in [1.165, 1.54) is 44.9 Å². The van der Waals surface area contributed by atoms with Crippen molar-refractivity contribution in [1.82, 2.24) is 0 Å². The first kappa shape index (κ1) is 39.7. The van der Waals surface area contributed by atoms with E-state index in [1.54, 1.807) is 0 Å². The quantitative estimate of drug-likeness (QED) is 0.0645. The van der Waals surface area contributed by atoms with Gasteiger partial charge in [0.05, 0.1) is 72.0 Å². The van der Waals surface area contributed by atoms with Gasteiger partial charge in [-0.3, -0.25) is 9.59 Å². The molecule has 0 fully saturated rings. The molecule has 1 unspecified atom stereocenters. The molecule has 0 heterocycles. The van der Waals surface area contributed by atoms with Crippen molar-refractivity contribution in [2.75, 3.05) is 79.3 Å². The highest BCUT2D eigenvalue weighted by atomic mass is 16.6. The molecule has 0 radical (unpaired) electrons. The second kappa shape index (κ2) is 33.2. The minimum atomic E-state index is -0.137. The molecule has 0 aliphatic heterocycles. The molecule has 0 aromatic carbocycles. The van der Waals surface area contributed by atoms with E-state index < -0.39 is 0 Å². The van der Waals surface area contributed by atoms with E-state index >= 15 is 0 Å². The van der Waals surface area contributed by atoms with Gasteiger partial charge >= 0.3 is 11.9 Å². The lowest BCUT2D eigenvalue weighted by Gasteiger charge is -2.13. The fourth-order valence-electron chi connectivity index (χ4n) is 4.11. The summed E-state index contributed by atoms with van der Waals surface area (Å²) < 4.78 is 37.7. The van der Waals surface area contributed by atoms with Crippen LogP contribution in [0.5, 0.6) is 0 Å². The van der Waals surface area contributed by atoms with Crippen molar-refractivity contribution in [2.24, 2.45) is 5.92 Å². The molecule has 0 aromatic rings. The van der Waals surface area contributed by atoms with Crippen LogP contribution in [0.4, 0.5) is 0 Å². The molecule has 0 aliphatic rings. The number of ether oxygens (including phenoxy) is 7. The normalized spacial score (nSPS) is 12.0. The second-order valence-electron chi connectivity index (χ2n) is 10.3. The third-order valence-electron chi connectivity index (χ3n) is 6.67. The Morgan fingerprint density at radius 1 is 0.463 bits per heavy atom. The second-order valence-corrected chi connectivity index (χ2v) is 10.3. The maximum absolute atomic E-state index is 12.0. The third-order valence-corrected chi connectivity index (χ3v) is 6.67. The van der Waals surface area contributed by atoms with Gasteiger partial charge in [-0.1, -0.05) is 85.0 Å². The van der Waals surface area contributed by atoms with E-state index in [0.717, 1.165) is 38.5 Å². The Bertz CT molecular complexity index is 559. The number of esters is 2. The molecule has 0 saturated carbocycles. The van der Waals surface area contributed by atoms with Gasteiger partial charge in [-0.2, -0.15) is 0 Å². The van der Waals surface area contributed by atoms with Crippen LogP contribution in [0.25, 0.3) is 0 Å². The standard InChI is InChI=1S/C32H62O9/c1-4-7-9-10-11-12-13-14-15-17-31(33)40-28-26-38-24-22-36-20-18-35-19-21-37-23-25-39-27-29-41-32(34)30(6-3)16-8-5-2/h30H,4-29H2,1-3H3. The predicted octanol–water partition coefficient (Wildman–Crippen LogP) is 6.29. The van der Waals surface area contributed by atoms with Gasteiger partial charge < -0.3 is 33.2 Å². The smallest absolute Gasteiger partial charge is 0.308 e. The summed E-state index contributed by atoms with van der Waals surface area (Å²) in [6.07, 6.45) is 15.5. The Balaban J connectivity index is 3.25. The molecular formula is C32H62O9. The molecule has 9 nitrogen and oxygen atoms in total. The minimum absolute atomic E-state index is 0.000957. The van der Waals surface area contributed by atoms with Crippen molar-refractivity contribution < 1.29 is 42.7 Å². The number of rotatable bonds is 33. The van der Waals surface area contributed by atoms with Crippen LogP contribution in [0.2, 0.25) is 0 Å². The lowest BCUT2D eigenvalue weighted by atomic mass is 10.00. The molecule has 0 rings (SSSR count). The predicted molar refractivity (Wildman–Crippen MR) is 161 cm³/mol. The number of unbranched alkanes of at least 4 members (excludes halogenated alkanes) is 9. The highest BCUT2D eigenvalue weighted by Gasteiger charge is 2.16. The Labute approximate surface area is 250 Å². The van der Waals surface area contributed by atoms with Crippen LogP contribution in [-0.2, 0) is 42.7 Å². The SMILES string of the molecule is CCCCCCCCCCCC(=O)OCCOCCOCCOCCOCCOCCOC(=O)C(CC)CCCC. The maximum Gasteiger partial charge on any atom is 0.308 e. The maximum atomic E-state index is 12.0. The molecule has 244 valence electrons. The monoisotopic (exact) mass is 590 g/mol. The summed E-state index contributed by atoms with van der Waals surface area (Å²) in [5, 5.41) is 0. The van der Waals surface area contributed by atoms with Gasteiger partial charge in [-0.05, 0) is 19.3 Å². The molecule has 0 bridgehead atoms. The Kier molecular flexibility index (Phi) is 32.2. The first-order chi connectivity index (χ1) is 20.2. The van der Waals surface area contributed by atoms with Crippen LogP contribution >= 0.6 is 0 Å². The van der Waals surface area contributed by atoms with Gasteiger partial charge in [0.1, 0.15) is 13.2 Å². The van der Waals surface area contributed by atoms with E-state index in [1.807, 2.05) is 6.92 Å². The molecule has 0 spiro atoms. The largest absolute Gasteiger partial charge is 0.463 e. The number of hydrogen-bond donors (Lipinski definition) is 0. The summed E-state index contributed by atoms with van der Waals surface area (Å²) in [5.41, 5.74) is 0. The molecule has 1 atom stereocenters. The highest BCUT2D eigenvalue weighted by Crippen LogP contribution is 2.14. The lowest BCUT2D eigenvalue weighted by Crippen LogP contribution is -2.20. The average molecular weight is 591 g/mol. The zero-order valence-corrected chi connectivity index (χ0v) is 26.6. The fourth-order valence-corrected chi connectivity index (χ4v) is 4.11. The van der Waals surface area contributed by atoms with E-state index in [0.29, 0.717) is 72.5 Å². The average Bonchev–Trinajstić information content (AvgIpc) is 2.97. The van der Waals surface area contributed by atoms with Crippen LogP contribution in [-0.4, -0.2) is 91.2 Å². The summed E-state index contributed by atoms with van der Waals surface area (Å²) in [6, 6.07) is 0. The van der Waals surface area contributed by atoms with Crippen molar-refractivity contribution in [2.45, 2.75) is 111 Å². The minimum Gasteiger partial charge on any atom is -0.463 e. The molecule has 0 aromatic heterocycles. The van der Waals surface area contributed by atoms with Crippen molar-refractivity contribution in [3.05, 3.63) is 0 Å². The fraction of sp³-hybridized carbons (Fsp3) is 0.938. The third kappa shape index (κ3) is 30.0. The summed E-state index contributed by atoms with van der Waals surface area (Å²) >= 11 is 0. The highest BCUT2D eigenvalue weighted by molar-refractivity contribution is 5.72. The molecule has 0 amide bonds. The Hall–Kier alpha value is -1.26. The van der Waals surface area contributed by atoms with Crippen molar-refractivity contribution >= 4 is 11.9 Å². The van der Waals surface area contributed by atoms with Gasteiger partial charge in [-0.25, -0.2) is 0 Å². The topological polar surface area (TPSA) is 98.8 Å². The molecule has 0 saturated heterocycles. The summed E-state index contributed by atoms with van der Waals surface area (Å²) in [5.74, 6) is -0.256. The molecule has 41 heavy (non-hydrogen) atoms. The Morgan fingerprint density at radius 3 is 1.29 bits per heavy atom. The van der Waals surface area contributed by atoms with Gasteiger partial charge in [-0.15, -0.1) is 0 Å². The van der Waals surface area contributed by atoms with E-state index in [9.17, 15) is 9.59 Å². The van der Waals surface area contributed by atoms with E-state index in [-0.39, 0.29) is 31.1 Å². The zero-order valence-electron chi connectivity index (χ0n) is 26.6. The van der Waals surface area contributed by atoms with Gasteiger partial charge in [0.25, 0.3) is 0 Å². The van der Waals surface area contributed by atoms with Crippen LogP contribution in [0.15, 0.2) is 0 Å². The number of carbonyl (C=O) groups excluding carboxylic acids is 2. The number of hydrogen-bond acceptors (Lipinski definition) is 9. The zero-order chi connectivity index (χ0) is 30.1. The summed E-state index contributed by atoms with van der Waals surface area (Å²) in [7, 11) is 0. The van der Waals surface area contributed by atoms with Crippen LogP contribution in [0.1, 0.15) is 111 Å². The summed E-state index contributed by atoms with van der Waals surface area (Å²) in [4.78, 5) is 23.7. The first-order valence-electron chi connectivity index (χ1n) is 16.4. The Morgan fingerprint density at radius 2 is 0.854 bits per heavy atom. The van der Waals surface area contributed by atoms with Crippen molar-refractivity contribution in [3.63, 3.8) is 0 Å². The number of carbonyl (C=O) groups is 2. The van der Waals surface area contributed by atoms with Gasteiger partial charge in [0, 0.05) is 6.42 Å². The van der Waals surface area contributed by atoms with Crippen LogP contribution in [0.3, 0.4) is 0 Å². The van der Waals surface area contributed by atoms with Crippen LogP contribution < -0.4 is 0 Å².